The Labute approximate surface area is 220 Å². The third-order valence-corrected chi connectivity index (χ3v) is 7.92. The average Bonchev–Trinajstić information content (AvgIpc) is 2.84. The van der Waals surface area contributed by atoms with Crippen LogP contribution in [-0.4, -0.2) is 16.7 Å². The first-order valence-electron chi connectivity index (χ1n) is 13.7. The molecule has 0 bridgehead atoms. The fourth-order valence-electron chi connectivity index (χ4n) is 5.02. The summed E-state index contributed by atoms with van der Waals surface area (Å²) in [6.45, 7) is 20.5. The molecule has 2 aromatic rings. The van der Waals surface area contributed by atoms with Crippen molar-refractivity contribution in [3.8, 4) is 5.75 Å². The first kappa shape index (κ1) is 29.8. The van der Waals surface area contributed by atoms with Gasteiger partial charge in [-0.05, 0) is 112 Å². The Morgan fingerprint density at radius 3 is 1.78 bits per heavy atom. The zero-order valence-electron chi connectivity index (χ0n) is 24.3. The van der Waals surface area contributed by atoms with Crippen LogP contribution in [0.25, 0.3) is 5.57 Å². The second-order valence-electron chi connectivity index (χ2n) is 11.3. The number of aliphatic hydroxyl groups is 1. The summed E-state index contributed by atoms with van der Waals surface area (Å²) in [4.78, 5) is 12.4. The first-order chi connectivity index (χ1) is 16.8. The number of allylic oxidation sites excluding steroid dienone is 1. The number of ether oxygens (including phenoxy) is 1. The van der Waals surface area contributed by atoms with E-state index in [9.17, 15) is 9.90 Å². The quantitative estimate of drug-likeness (QED) is 0.266. The Morgan fingerprint density at radius 2 is 1.36 bits per heavy atom. The van der Waals surface area contributed by atoms with Crippen LogP contribution in [0, 0.1) is 19.3 Å². The second-order valence-corrected chi connectivity index (χ2v) is 11.3. The van der Waals surface area contributed by atoms with E-state index < -0.39 is 11.0 Å². The summed E-state index contributed by atoms with van der Waals surface area (Å²) in [5.74, 6) is 0.406. The van der Waals surface area contributed by atoms with Gasteiger partial charge in [0.2, 0.25) is 0 Å². The lowest BCUT2D eigenvalue weighted by atomic mass is 9.69. The molecule has 3 nitrogen and oxygen atoms in total. The molecule has 0 heterocycles. The van der Waals surface area contributed by atoms with Gasteiger partial charge in [0, 0.05) is 5.41 Å². The van der Waals surface area contributed by atoms with Crippen LogP contribution >= 0.6 is 0 Å². The normalized spacial score (nSPS) is 13.1. The van der Waals surface area contributed by atoms with Gasteiger partial charge in [0.1, 0.15) is 5.75 Å². The molecule has 0 saturated carbocycles. The van der Waals surface area contributed by atoms with Gasteiger partial charge in [0.05, 0.1) is 11.0 Å². The summed E-state index contributed by atoms with van der Waals surface area (Å²) < 4.78 is 5.72. The van der Waals surface area contributed by atoms with E-state index in [1.807, 2.05) is 47.6 Å². The maximum atomic E-state index is 12.4. The number of aryl methyl sites for hydroxylation is 2. The molecule has 0 saturated heterocycles. The molecular weight excluding hydrogens is 444 g/mol. The molecule has 0 atom stereocenters. The smallest absolute Gasteiger partial charge is 0.316 e. The van der Waals surface area contributed by atoms with Crippen LogP contribution in [0.1, 0.15) is 115 Å². The maximum Gasteiger partial charge on any atom is 0.316 e. The molecule has 0 aliphatic carbocycles. The minimum atomic E-state index is -0.761. The SMILES string of the molecule is CC/C(=C/C(O)(CC)CC)c1ccc(C(CC)(CC)c2ccc(OC(=O)C(C)(C)C)c(C)c2)cc1C. The molecule has 1 N–H and O–H groups in total. The van der Waals surface area contributed by atoms with Crippen LogP contribution in [-0.2, 0) is 10.2 Å². The summed E-state index contributed by atoms with van der Waals surface area (Å²) in [5, 5.41) is 10.9. The molecule has 0 aliphatic rings. The average molecular weight is 493 g/mol. The summed E-state index contributed by atoms with van der Waals surface area (Å²) in [6, 6.07) is 13.1. The largest absolute Gasteiger partial charge is 0.426 e. The topological polar surface area (TPSA) is 46.5 Å². The van der Waals surface area contributed by atoms with Crippen molar-refractivity contribution in [1.29, 1.82) is 0 Å². The molecule has 0 radical (unpaired) electrons. The molecule has 0 unspecified atom stereocenters. The van der Waals surface area contributed by atoms with Crippen molar-refractivity contribution in [2.24, 2.45) is 5.41 Å². The predicted octanol–water partition coefficient (Wildman–Crippen LogP) is 8.71. The third kappa shape index (κ3) is 6.29. The Kier molecular flexibility index (Phi) is 9.76. The zero-order valence-corrected chi connectivity index (χ0v) is 24.3. The molecule has 198 valence electrons. The van der Waals surface area contributed by atoms with E-state index in [1.165, 1.54) is 27.8 Å². The highest BCUT2D eigenvalue weighted by molar-refractivity contribution is 5.78. The van der Waals surface area contributed by atoms with Gasteiger partial charge in [0.25, 0.3) is 0 Å². The van der Waals surface area contributed by atoms with Crippen LogP contribution < -0.4 is 4.74 Å². The highest BCUT2D eigenvalue weighted by Crippen LogP contribution is 2.42. The molecule has 0 spiro atoms. The van der Waals surface area contributed by atoms with E-state index in [0.717, 1.165) is 24.8 Å². The van der Waals surface area contributed by atoms with Gasteiger partial charge < -0.3 is 9.84 Å². The van der Waals surface area contributed by atoms with Crippen LogP contribution in [0.5, 0.6) is 5.75 Å². The van der Waals surface area contributed by atoms with Crippen LogP contribution in [0.15, 0.2) is 42.5 Å². The van der Waals surface area contributed by atoms with Crippen molar-refractivity contribution in [2.75, 3.05) is 0 Å². The Hall–Kier alpha value is -2.39. The van der Waals surface area contributed by atoms with Crippen molar-refractivity contribution in [3.63, 3.8) is 0 Å². The fourth-order valence-corrected chi connectivity index (χ4v) is 5.02. The van der Waals surface area contributed by atoms with Crippen LogP contribution in [0.3, 0.4) is 0 Å². The molecule has 36 heavy (non-hydrogen) atoms. The summed E-state index contributed by atoms with van der Waals surface area (Å²) in [6.07, 6.45) is 6.29. The molecule has 0 aliphatic heterocycles. The molecular formula is C33H48O3. The minimum Gasteiger partial charge on any atom is -0.426 e. The molecule has 3 heteroatoms. The minimum absolute atomic E-state index is 0.135. The van der Waals surface area contributed by atoms with Gasteiger partial charge in [0.15, 0.2) is 0 Å². The standard InChI is InChI=1S/C33H48O3/c1-11-25(22-32(35,12-2)13-3)28-18-16-26(20-23(28)6)33(14-4,15-5)27-17-19-29(24(7)21-27)36-30(34)31(8,9)10/h16-22,35H,11-15H2,1-10H3/b25-22-. The van der Waals surface area contributed by atoms with E-state index in [-0.39, 0.29) is 11.4 Å². The van der Waals surface area contributed by atoms with Gasteiger partial charge in [-0.3, -0.25) is 4.79 Å². The van der Waals surface area contributed by atoms with Crippen molar-refractivity contribution >= 4 is 11.5 Å². The van der Waals surface area contributed by atoms with E-state index in [1.54, 1.807) is 0 Å². The molecule has 0 amide bonds. The zero-order chi connectivity index (χ0) is 27.3. The predicted molar refractivity (Wildman–Crippen MR) is 153 cm³/mol. The highest BCUT2D eigenvalue weighted by atomic mass is 16.5. The van der Waals surface area contributed by atoms with Crippen molar-refractivity contribution in [2.45, 2.75) is 112 Å². The number of hydrogen-bond donors (Lipinski definition) is 1. The number of rotatable bonds is 10. The lowest BCUT2D eigenvalue weighted by molar-refractivity contribution is -0.143. The second kappa shape index (κ2) is 11.8. The number of carbonyl (C=O) groups is 1. The number of carbonyl (C=O) groups excluding carboxylic acids is 1. The van der Waals surface area contributed by atoms with Gasteiger partial charge >= 0.3 is 5.97 Å². The number of benzene rings is 2. The molecule has 0 aromatic heterocycles. The van der Waals surface area contributed by atoms with E-state index in [0.29, 0.717) is 18.6 Å². The summed E-state index contributed by atoms with van der Waals surface area (Å²) in [7, 11) is 0. The lowest BCUT2D eigenvalue weighted by Gasteiger charge is -2.34. The first-order valence-corrected chi connectivity index (χ1v) is 13.7. The third-order valence-electron chi connectivity index (χ3n) is 7.92. The molecule has 2 rings (SSSR count). The number of esters is 1. The summed E-state index contributed by atoms with van der Waals surface area (Å²) in [5.41, 5.74) is 5.71. The van der Waals surface area contributed by atoms with Gasteiger partial charge in [-0.2, -0.15) is 0 Å². The van der Waals surface area contributed by atoms with E-state index >= 15 is 0 Å². The Balaban J connectivity index is 2.54. The highest BCUT2D eigenvalue weighted by Gasteiger charge is 2.32. The van der Waals surface area contributed by atoms with Gasteiger partial charge in [-0.15, -0.1) is 0 Å². The van der Waals surface area contributed by atoms with Crippen molar-refractivity contribution in [1.82, 2.24) is 0 Å². The Morgan fingerprint density at radius 1 is 0.833 bits per heavy atom. The van der Waals surface area contributed by atoms with Crippen LogP contribution in [0.2, 0.25) is 0 Å². The summed E-state index contributed by atoms with van der Waals surface area (Å²) >= 11 is 0. The van der Waals surface area contributed by atoms with Crippen molar-refractivity contribution < 1.29 is 14.6 Å². The van der Waals surface area contributed by atoms with Crippen LogP contribution in [0.4, 0.5) is 0 Å². The Bertz CT molecular complexity index is 1080. The lowest BCUT2D eigenvalue weighted by Crippen LogP contribution is -2.27. The number of hydrogen-bond acceptors (Lipinski definition) is 3. The monoisotopic (exact) mass is 492 g/mol. The van der Waals surface area contributed by atoms with E-state index in [4.69, 9.17) is 4.74 Å². The molecule has 0 fully saturated rings. The maximum absolute atomic E-state index is 12.4. The van der Waals surface area contributed by atoms with E-state index in [2.05, 4.69) is 64.1 Å². The van der Waals surface area contributed by atoms with Crippen molar-refractivity contribution in [3.05, 3.63) is 70.3 Å². The van der Waals surface area contributed by atoms with Gasteiger partial charge in [-0.25, -0.2) is 0 Å². The fraction of sp³-hybridized carbons (Fsp3) is 0.545. The van der Waals surface area contributed by atoms with Gasteiger partial charge in [-0.1, -0.05) is 65.0 Å². The molecule has 2 aromatic carbocycles.